The van der Waals surface area contributed by atoms with Crippen LogP contribution in [0.1, 0.15) is 52.1 Å². The largest absolute Gasteiger partial charge is 0.393 e. The molecule has 2 aromatic rings. The van der Waals surface area contributed by atoms with Gasteiger partial charge in [0, 0.05) is 23.7 Å². The number of pyridine rings is 1. The lowest BCUT2D eigenvalue weighted by atomic mass is 9.92. The Bertz CT molecular complexity index is 743. The Labute approximate surface area is 153 Å². The van der Waals surface area contributed by atoms with Crippen LogP contribution in [0.25, 0.3) is 5.82 Å². The van der Waals surface area contributed by atoms with Gasteiger partial charge in [-0.05, 0) is 37.8 Å². The van der Waals surface area contributed by atoms with Crippen LogP contribution in [-0.4, -0.2) is 38.0 Å². The number of aromatic nitrogens is 3. The highest BCUT2D eigenvalue weighted by molar-refractivity contribution is 5.89. The Morgan fingerprint density at radius 2 is 1.96 bits per heavy atom. The van der Waals surface area contributed by atoms with Crippen molar-refractivity contribution in [1.29, 1.82) is 0 Å². The molecule has 7 nitrogen and oxygen atoms in total. The fraction of sp³-hybridized carbons (Fsp3) is 0.526. The first-order valence-electron chi connectivity index (χ1n) is 9.10. The highest BCUT2D eigenvalue weighted by Gasteiger charge is 2.24. The second-order valence-electron chi connectivity index (χ2n) is 7.87. The van der Waals surface area contributed by atoms with E-state index in [2.05, 4.69) is 41.5 Å². The van der Waals surface area contributed by atoms with Crippen LogP contribution < -0.4 is 10.6 Å². The minimum absolute atomic E-state index is 0.0895. The van der Waals surface area contributed by atoms with Crippen molar-refractivity contribution >= 4 is 11.8 Å². The number of nitrogens with one attached hydrogen (secondary N) is 2. The standard InChI is InChI=1S/C19H27N5O2/c1-19(2,3)15-12-17(24(23-15)16-6-4-5-11-20-16)22-18(26)21-13-7-9-14(25)10-8-13/h4-6,11-14,25H,7-10H2,1-3H3,(H2,21,22,26). The molecule has 1 saturated carbocycles. The molecule has 1 aliphatic rings. The molecule has 26 heavy (non-hydrogen) atoms. The summed E-state index contributed by atoms with van der Waals surface area (Å²) in [5.41, 5.74) is 0.728. The van der Waals surface area contributed by atoms with E-state index in [-0.39, 0.29) is 23.6 Å². The molecule has 0 unspecified atom stereocenters. The quantitative estimate of drug-likeness (QED) is 0.787. The number of carbonyl (C=O) groups excluding carboxylic acids is 1. The molecule has 0 aliphatic heterocycles. The molecule has 2 heterocycles. The van der Waals surface area contributed by atoms with Gasteiger partial charge in [0.25, 0.3) is 0 Å². The molecule has 1 aliphatic carbocycles. The molecule has 0 radical (unpaired) electrons. The molecule has 7 heteroatoms. The summed E-state index contributed by atoms with van der Waals surface area (Å²) in [6, 6.07) is 7.30. The Kier molecular flexibility index (Phi) is 5.27. The predicted octanol–water partition coefficient (Wildman–Crippen LogP) is 2.99. The third-order valence-electron chi connectivity index (χ3n) is 4.62. The molecule has 2 amide bonds. The van der Waals surface area contributed by atoms with Crippen molar-refractivity contribution in [2.24, 2.45) is 0 Å². The van der Waals surface area contributed by atoms with Gasteiger partial charge < -0.3 is 10.4 Å². The van der Waals surface area contributed by atoms with Crippen LogP contribution in [0, 0.1) is 0 Å². The van der Waals surface area contributed by atoms with E-state index in [1.165, 1.54) is 0 Å². The number of carbonyl (C=O) groups is 1. The summed E-state index contributed by atoms with van der Waals surface area (Å²) in [6.07, 6.45) is 4.50. The summed E-state index contributed by atoms with van der Waals surface area (Å²) >= 11 is 0. The Balaban J connectivity index is 1.77. The highest BCUT2D eigenvalue weighted by Crippen LogP contribution is 2.26. The number of amides is 2. The highest BCUT2D eigenvalue weighted by atomic mass is 16.3. The molecular formula is C19H27N5O2. The van der Waals surface area contributed by atoms with E-state index in [1.807, 2.05) is 24.3 Å². The zero-order valence-electron chi connectivity index (χ0n) is 15.6. The van der Waals surface area contributed by atoms with E-state index in [0.717, 1.165) is 31.4 Å². The van der Waals surface area contributed by atoms with Crippen LogP contribution in [0.5, 0.6) is 0 Å². The SMILES string of the molecule is CC(C)(C)c1cc(NC(=O)NC2CCC(O)CC2)n(-c2ccccn2)n1. The van der Waals surface area contributed by atoms with E-state index in [1.54, 1.807) is 10.9 Å². The second-order valence-corrected chi connectivity index (χ2v) is 7.87. The molecule has 0 aromatic carbocycles. The molecule has 0 bridgehead atoms. The number of aliphatic hydroxyl groups is 1. The summed E-state index contributed by atoms with van der Waals surface area (Å²) in [5, 5.41) is 20.1. The van der Waals surface area contributed by atoms with Gasteiger partial charge in [-0.25, -0.2) is 9.78 Å². The van der Waals surface area contributed by atoms with Crippen LogP contribution in [0.4, 0.5) is 10.6 Å². The Morgan fingerprint density at radius 1 is 1.23 bits per heavy atom. The molecular weight excluding hydrogens is 330 g/mol. The van der Waals surface area contributed by atoms with Crippen molar-refractivity contribution in [2.75, 3.05) is 5.32 Å². The number of urea groups is 1. The summed E-state index contributed by atoms with van der Waals surface area (Å²) < 4.78 is 1.66. The second kappa shape index (κ2) is 7.45. The number of rotatable bonds is 3. The summed E-state index contributed by atoms with van der Waals surface area (Å²) in [7, 11) is 0. The smallest absolute Gasteiger partial charge is 0.320 e. The molecule has 1 fully saturated rings. The van der Waals surface area contributed by atoms with Crippen molar-refractivity contribution < 1.29 is 9.90 Å². The van der Waals surface area contributed by atoms with Gasteiger partial charge in [0.15, 0.2) is 5.82 Å². The zero-order chi connectivity index (χ0) is 18.7. The maximum Gasteiger partial charge on any atom is 0.320 e. The summed E-state index contributed by atoms with van der Waals surface area (Å²) in [6.45, 7) is 6.24. The van der Waals surface area contributed by atoms with Crippen molar-refractivity contribution in [3.05, 3.63) is 36.2 Å². The van der Waals surface area contributed by atoms with Gasteiger partial charge in [-0.1, -0.05) is 26.8 Å². The van der Waals surface area contributed by atoms with E-state index < -0.39 is 0 Å². The fourth-order valence-electron chi connectivity index (χ4n) is 3.05. The van der Waals surface area contributed by atoms with Crippen molar-refractivity contribution in [3.63, 3.8) is 0 Å². The molecule has 3 N–H and O–H groups in total. The number of anilines is 1. The molecule has 0 saturated heterocycles. The van der Waals surface area contributed by atoms with E-state index in [0.29, 0.717) is 11.6 Å². The Hall–Kier alpha value is -2.41. The third kappa shape index (κ3) is 4.40. The maximum absolute atomic E-state index is 12.5. The first-order valence-corrected chi connectivity index (χ1v) is 9.10. The normalized spacial score (nSPS) is 20.6. The lowest BCUT2D eigenvalue weighted by Crippen LogP contribution is -2.41. The lowest BCUT2D eigenvalue weighted by molar-refractivity contribution is 0.118. The number of nitrogens with zero attached hydrogens (tertiary/aromatic N) is 3. The van der Waals surface area contributed by atoms with Gasteiger partial charge in [0.05, 0.1) is 11.8 Å². The molecule has 0 spiro atoms. The van der Waals surface area contributed by atoms with Crippen molar-refractivity contribution in [1.82, 2.24) is 20.1 Å². The fourth-order valence-corrected chi connectivity index (χ4v) is 3.05. The first kappa shape index (κ1) is 18.4. The van der Waals surface area contributed by atoms with Crippen LogP contribution >= 0.6 is 0 Å². The summed E-state index contributed by atoms with van der Waals surface area (Å²) in [5.74, 6) is 1.24. The van der Waals surface area contributed by atoms with E-state index >= 15 is 0 Å². The van der Waals surface area contributed by atoms with E-state index in [4.69, 9.17) is 0 Å². The van der Waals surface area contributed by atoms with Gasteiger partial charge >= 0.3 is 6.03 Å². The minimum Gasteiger partial charge on any atom is -0.393 e. The Morgan fingerprint density at radius 3 is 2.58 bits per heavy atom. The van der Waals surface area contributed by atoms with Crippen LogP contribution in [0.2, 0.25) is 0 Å². The lowest BCUT2D eigenvalue weighted by Gasteiger charge is -2.26. The van der Waals surface area contributed by atoms with Gasteiger partial charge in [0.2, 0.25) is 0 Å². The molecule has 2 aromatic heterocycles. The van der Waals surface area contributed by atoms with Crippen LogP contribution in [0.3, 0.4) is 0 Å². The topological polar surface area (TPSA) is 92.1 Å². The third-order valence-corrected chi connectivity index (χ3v) is 4.62. The van der Waals surface area contributed by atoms with Gasteiger partial charge in [-0.15, -0.1) is 0 Å². The number of hydrogen-bond donors (Lipinski definition) is 3. The number of aliphatic hydroxyl groups excluding tert-OH is 1. The van der Waals surface area contributed by atoms with Crippen molar-refractivity contribution in [3.8, 4) is 5.82 Å². The molecule has 3 rings (SSSR count). The van der Waals surface area contributed by atoms with Gasteiger partial charge in [-0.2, -0.15) is 9.78 Å². The number of hydrogen-bond acceptors (Lipinski definition) is 4. The van der Waals surface area contributed by atoms with Crippen LogP contribution in [0.15, 0.2) is 30.5 Å². The zero-order valence-corrected chi connectivity index (χ0v) is 15.6. The maximum atomic E-state index is 12.5. The van der Waals surface area contributed by atoms with Crippen molar-refractivity contribution in [2.45, 2.75) is 64.0 Å². The van der Waals surface area contributed by atoms with E-state index in [9.17, 15) is 9.90 Å². The van der Waals surface area contributed by atoms with Gasteiger partial charge in [0.1, 0.15) is 5.82 Å². The summed E-state index contributed by atoms with van der Waals surface area (Å²) in [4.78, 5) is 16.8. The van der Waals surface area contributed by atoms with Gasteiger partial charge in [-0.3, -0.25) is 5.32 Å². The molecule has 0 atom stereocenters. The van der Waals surface area contributed by atoms with Crippen LogP contribution in [-0.2, 0) is 5.41 Å². The minimum atomic E-state index is -0.260. The monoisotopic (exact) mass is 357 g/mol. The average Bonchev–Trinajstić information content (AvgIpc) is 3.02. The first-order chi connectivity index (χ1) is 12.3. The average molecular weight is 357 g/mol. The predicted molar refractivity (Wildman–Crippen MR) is 100 cm³/mol. The molecule has 140 valence electrons.